The van der Waals surface area contributed by atoms with Crippen LogP contribution in [0.15, 0.2) is 66.7 Å². The van der Waals surface area contributed by atoms with Gasteiger partial charge in [0.15, 0.2) is 5.60 Å². The van der Waals surface area contributed by atoms with Crippen molar-refractivity contribution in [1.29, 1.82) is 0 Å². The normalized spacial score (nSPS) is 17.8. The standard InChI is InChI=1S/C25H25ClN4O3.ClH/c1-16(27-3)22(31)28-21-13-12-20-23(29-21)33-25(2,15-17-8-5-4-6-9-17)24(32)30(20)19-11-7-10-18(26)14-19;/h4-14,16,27H,15H2,1-3H3,(H,28,29,31);1H/t16-,25?;/m0./s1. The highest BCUT2D eigenvalue weighted by Crippen LogP contribution is 2.43. The molecule has 0 bridgehead atoms. The largest absolute Gasteiger partial charge is 0.459 e. The van der Waals surface area contributed by atoms with Crippen LogP contribution in [0.4, 0.5) is 17.2 Å². The fraction of sp³-hybridized carbons (Fsp3) is 0.240. The number of aromatic nitrogens is 1. The monoisotopic (exact) mass is 500 g/mol. The molecule has 0 fully saturated rings. The number of ether oxygens (including phenoxy) is 1. The van der Waals surface area contributed by atoms with Gasteiger partial charge in [-0.1, -0.05) is 48.0 Å². The number of carbonyl (C=O) groups excluding carboxylic acids is 2. The maximum absolute atomic E-state index is 13.8. The fourth-order valence-corrected chi connectivity index (χ4v) is 3.87. The quantitative estimate of drug-likeness (QED) is 0.509. The summed E-state index contributed by atoms with van der Waals surface area (Å²) in [5, 5.41) is 6.18. The number of rotatable bonds is 6. The van der Waals surface area contributed by atoms with Crippen molar-refractivity contribution >= 4 is 53.0 Å². The summed E-state index contributed by atoms with van der Waals surface area (Å²) in [4.78, 5) is 32.2. The van der Waals surface area contributed by atoms with E-state index in [9.17, 15) is 9.59 Å². The molecule has 1 unspecified atom stereocenters. The Kier molecular flexibility index (Phi) is 7.82. The number of nitrogens with zero attached hydrogens (tertiary/aromatic N) is 2. The first-order chi connectivity index (χ1) is 15.8. The van der Waals surface area contributed by atoms with Gasteiger partial charge in [-0.05, 0) is 56.8 Å². The Hall–Kier alpha value is -3.13. The van der Waals surface area contributed by atoms with Crippen LogP contribution in [0, 0.1) is 0 Å². The fourth-order valence-electron chi connectivity index (χ4n) is 3.69. The second-order valence-corrected chi connectivity index (χ2v) is 8.57. The second kappa shape index (κ2) is 10.4. The SMILES string of the molecule is CN[C@@H](C)C(=O)Nc1ccc2c(n1)OC(C)(Cc1ccccc1)C(=O)N2c1cccc(Cl)c1.Cl. The van der Waals surface area contributed by atoms with E-state index in [4.69, 9.17) is 16.3 Å². The van der Waals surface area contributed by atoms with Crippen molar-refractivity contribution in [3.8, 4) is 5.88 Å². The van der Waals surface area contributed by atoms with Gasteiger partial charge in [-0.3, -0.25) is 14.5 Å². The third kappa shape index (κ3) is 5.17. The summed E-state index contributed by atoms with van der Waals surface area (Å²) in [7, 11) is 1.71. The first kappa shape index (κ1) is 25.5. The van der Waals surface area contributed by atoms with Gasteiger partial charge in [0.2, 0.25) is 11.8 Å². The van der Waals surface area contributed by atoms with Crippen molar-refractivity contribution in [2.24, 2.45) is 0 Å². The molecule has 0 saturated carbocycles. The molecule has 0 spiro atoms. The maximum Gasteiger partial charge on any atom is 0.276 e. The van der Waals surface area contributed by atoms with Gasteiger partial charge < -0.3 is 15.4 Å². The lowest BCUT2D eigenvalue weighted by atomic mass is 9.92. The van der Waals surface area contributed by atoms with E-state index in [2.05, 4.69) is 15.6 Å². The number of fused-ring (bicyclic) bond motifs is 1. The predicted molar refractivity (Wildman–Crippen MR) is 136 cm³/mol. The van der Waals surface area contributed by atoms with Gasteiger partial charge in [0.25, 0.3) is 5.91 Å². The summed E-state index contributed by atoms with van der Waals surface area (Å²) >= 11 is 6.23. The molecule has 2 N–H and O–H groups in total. The molecule has 9 heteroatoms. The maximum atomic E-state index is 13.8. The van der Waals surface area contributed by atoms with Crippen LogP contribution in [0.1, 0.15) is 19.4 Å². The number of amides is 2. The van der Waals surface area contributed by atoms with E-state index in [0.29, 0.717) is 28.6 Å². The first-order valence-corrected chi connectivity index (χ1v) is 11.0. The van der Waals surface area contributed by atoms with Crippen LogP contribution in [-0.2, 0) is 16.0 Å². The molecule has 2 heterocycles. The van der Waals surface area contributed by atoms with E-state index in [1.54, 1.807) is 56.1 Å². The third-order valence-electron chi connectivity index (χ3n) is 5.59. The zero-order valence-electron chi connectivity index (χ0n) is 19.0. The van der Waals surface area contributed by atoms with Gasteiger partial charge >= 0.3 is 0 Å². The number of anilines is 3. The smallest absolute Gasteiger partial charge is 0.276 e. The summed E-state index contributed by atoms with van der Waals surface area (Å²) in [6.45, 7) is 3.50. The Morgan fingerprint density at radius 1 is 1.15 bits per heavy atom. The number of hydrogen-bond acceptors (Lipinski definition) is 5. The first-order valence-electron chi connectivity index (χ1n) is 10.6. The molecule has 3 aromatic rings. The summed E-state index contributed by atoms with van der Waals surface area (Å²) < 4.78 is 6.22. The molecule has 0 saturated heterocycles. The molecule has 0 radical (unpaired) electrons. The zero-order chi connectivity index (χ0) is 23.6. The number of benzene rings is 2. The van der Waals surface area contributed by atoms with Crippen LogP contribution in [0.3, 0.4) is 0 Å². The summed E-state index contributed by atoms with van der Waals surface area (Å²) in [6.07, 6.45) is 0.345. The molecule has 4 rings (SSSR count). The highest BCUT2D eigenvalue weighted by Gasteiger charge is 2.46. The van der Waals surface area contributed by atoms with Crippen LogP contribution >= 0.6 is 24.0 Å². The van der Waals surface area contributed by atoms with E-state index < -0.39 is 11.6 Å². The average Bonchev–Trinajstić information content (AvgIpc) is 2.80. The van der Waals surface area contributed by atoms with E-state index in [0.717, 1.165) is 5.56 Å². The molecule has 2 atom stereocenters. The molecular formula is C25H26Cl2N4O3. The topological polar surface area (TPSA) is 83.6 Å². The van der Waals surface area contributed by atoms with Crippen LogP contribution in [-0.4, -0.2) is 35.5 Å². The zero-order valence-corrected chi connectivity index (χ0v) is 20.6. The molecule has 2 amide bonds. The van der Waals surface area contributed by atoms with Gasteiger partial charge in [0.05, 0.1) is 11.7 Å². The van der Waals surface area contributed by atoms with Gasteiger partial charge in [-0.2, -0.15) is 4.98 Å². The highest BCUT2D eigenvalue weighted by molar-refractivity contribution is 6.31. The van der Waals surface area contributed by atoms with Crippen LogP contribution in [0.2, 0.25) is 5.02 Å². The minimum absolute atomic E-state index is 0. The van der Waals surface area contributed by atoms with Gasteiger partial charge in [0.1, 0.15) is 11.5 Å². The minimum atomic E-state index is -1.22. The number of pyridine rings is 1. The molecule has 7 nitrogen and oxygen atoms in total. The average molecular weight is 501 g/mol. The van der Waals surface area contributed by atoms with Crippen molar-refractivity contribution in [1.82, 2.24) is 10.3 Å². The molecule has 178 valence electrons. The Morgan fingerprint density at radius 2 is 1.88 bits per heavy atom. The lowest BCUT2D eigenvalue weighted by Crippen LogP contribution is -2.54. The van der Waals surface area contributed by atoms with Crippen molar-refractivity contribution in [3.63, 3.8) is 0 Å². The predicted octanol–water partition coefficient (Wildman–Crippen LogP) is 4.76. The summed E-state index contributed by atoms with van der Waals surface area (Å²) in [5.74, 6) is 0.130. The van der Waals surface area contributed by atoms with Crippen molar-refractivity contribution in [2.75, 3.05) is 17.3 Å². The number of nitrogens with one attached hydrogen (secondary N) is 2. The number of hydrogen-bond donors (Lipinski definition) is 2. The van der Waals surface area contributed by atoms with Gasteiger partial charge in [-0.25, -0.2) is 0 Å². The minimum Gasteiger partial charge on any atom is -0.459 e. The highest BCUT2D eigenvalue weighted by atomic mass is 35.5. The molecule has 2 aromatic carbocycles. The molecule has 1 aliphatic rings. The van der Waals surface area contributed by atoms with Crippen LogP contribution < -0.4 is 20.3 Å². The lowest BCUT2D eigenvalue weighted by Gasteiger charge is -2.40. The molecule has 34 heavy (non-hydrogen) atoms. The third-order valence-corrected chi connectivity index (χ3v) is 5.82. The van der Waals surface area contributed by atoms with Gasteiger partial charge in [0, 0.05) is 11.4 Å². The molecule has 0 aliphatic carbocycles. The molecule has 1 aromatic heterocycles. The van der Waals surface area contributed by atoms with E-state index in [-0.39, 0.29) is 30.1 Å². The van der Waals surface area contributed by atoms with E-state index >= 15 is 0 Å². The van der Waals surface area contributed by atoms with E-state index in [1.807, 2.05) is 36.4 Å². The Bertz CT molecular complexity index is 1190. The number of halogens is 2. The lowest BCUT2D eigenvalue weighted by molar-refractivity contribution is -0.133. The van der Waals surface area contributed by atoms with Gasteiger partial charge in [-0.15, -0.1) is 12.4 Å². The second-order valence-electron chi connectivity index (χ2n) is 8.14. The van der Waals surface area contributed by atoms with Crippen molar-refractivity contribution < 1.29 is 14.3 Å². The van der Waals surface area contributed by atoms with Crippen molar-refractivity contribution in [2.45, 2.75) is 31.9 Å². The summed E-state index contributed by atoms with van der Waals surface area (Å²) in [6, 6.07) is 19.7. The van der Waals surface area contributed by atoms with Crippen molar-refractivity contribution in [3.05, 3.63) is 77.3 Å². The Labute approximate surface area is 209 Å². The molecule has 1 aliphatic heterocycles. The van der Waals surface area contributed by atoms with E-state index in [1.165, 1.54) is 0 Å². The Balaban J connectivity index is 0.00000324. The van der Waals surface area contributed by atoms with Crippen LogP contribution in [0.5, 0.6) is 5.88 Å². The summed E-state index contributed by atoms with van der Waals surface area (Å²) in [5.41, 5.74) is 0.825. The Morgan fingerprint density at radius 3 is 2.56 bits per heavy atom. The molecular weight excluding hydrogens is 475 g/mol. The number of carbonyl (C=O) groups is 2. The number of likely N-dealkylation sites (N-methyl/N-ethyl adjacent to an activating group) is 1. The van der Waals surface area contributed by atoms with Crippen LogP contribution in [0.25, 0.3) is 0 Å².